The number of aromatic nitrogens is 3. The first-order valence-corrected chi connectivity index (χ1v) is 3.96. The highest BCUT2D eigenvalue weighted by molar-refractivity contribution is 7.72. The summed E-state index contributed by atoms with van der Waals surface area (Å²) in [4.78, 5) is 0. The van der Waals surface area contributed by atoms with E-state index in [1.807, 2.05) is 6.92 Å². The molecular formula is C4H7N3O2S. The summed E-state index contributed by atoms with van der Waals surface area (Å²) in [5, 5.41) is 6.97. The fourth-order valence-electron chi connectivity index (χ4n) is 0.526. The van der Waals surface area contributed by atoms with E-state index in [1.54, 1.807) is 0 Å². The molecular weight excluding hydrogens is 154 g/mol. The van der Waals surface area contributed by atoms with Gasteiger partial charge in [0.1, 0.15) is 0 Å². The van der Waals surface area contributed by atoms with Crippen LogP contribution >= 0.6 is 0 Å². The maximum atomic E-state index is 10.3. The summed E-state index contributed by atoms with van der Waals surface area (Å²) in [5.74, 6) is 0. The molecule has 1 aromatic heterocycles. The van der Waals surface area contributed by atoms with Crippen LogP contribution in [0, 0.1) is 0 Å². The normalized spacial score (nSPS) is 10.6. The average molecular weight is 161 g/mol. The van der Waals surface area contributed by atoms with E-state index in [4.69, 9.17) is 0 Å². The fourth-order valence-corrected chi connectivity index (χ4v) is 0.867. The van der Waals surface area contributed by atoms with Crippen molar-refractivity contribution in [3.05, 3.63) is 6.20 Å². The third-order valence-corrected chi connectivity index (χ3v) is 1.62. The lowest BCUT2D eigenvalue weighted by atomic mass is 10.7. The predicted molar refractivity (Wildman–Crippen MR) is 34.3 cm³/mol. The molecule has 56 valence electrons. The number of rotatable bonds is 2. The number of nitrogens with zero attached hydrogens (tertiary/aromatic N) is 3. The standard InChI is InChI=1S/C4H7N3O2S/c1-2-7-3-4(5-6-7)10(8)9/h3,10H,2H2,1H3. The zero-order valence-corrected chi connectivity index (χ0v) is 6.28. The van der Waals surface area contributed by atoms with E-state index >= 15 is 0 Å². The molecule has 1 aromatic rings. The molecule has 0 saturated carbocycles. The van der Waals surface area contributed by atoms with Gasteiger partial charge in [0, 0.05) is 6.54 Å². The van der Waals surface area contributed by atoms with Crippen LogP contribution in [0.25, 0.3) is 0 Å². The Morgan fingerprint density at radius 3 is 2.70 bits per heavy atom. The van der Waals surface area contributed by atoms with E-state index in [1.165, 1.54) is 10.9 Å². The molecule has 0 N–H and O–H groups in total. The van der Waals surface area contributed by atoms with Gasteiger partial charge >= 0.3 is 0 Å². The minimum atomic E-state index is -2.57. The average Bonchev–Trinajstić information content (AvgIpc) is 2.34. The molecule has 1 rings (SSSR count). The number of aryl methyl sites for hydroxylation is 1. The largest absolute Gasteiger partial charge is 0.251 e. The van der Waals surface area contributed by atoms with Crippen molar-refractivity contribution in [1.82, 2.24) is 15.0 Å². The Bertz CT molecular complexity index is 282. The minimum Gasteiger partial charge on any atom is -0.251 e. The molecule has 0 aliphatic carbocycles. The molecule has 0 saturated heterocycles. The van der Waals surface area contributed by atoms with Gasteiger partial charge in [-0.1, -0.05) is 5.21 Å². The molecule has 6 heteroatoms. The van der Waals surface area contributed by atoms with Crippen LogP contribution in [0.3, 0.4) is 0 Å². The van der Waals surface area contributed by atoms with E-state index < -0.39 is 10.7 Å². The summed E-state index contributed by atoms with van der Waals surface area (Å²) in [6.45, 7) is 2.49. The monoisotopic (exact) mass is 161 g/mol. The molecule has 10 heavy (non-hydrogen) atoms. The SMILES string of the molecule is CCn1cc([SH](=O)=O)nn1. The first-order chi connectivity index (χ1) is 4.74. The third kappa shape index (κ3) is 1.32. The Morgan fingerprint density at radius 2 is 2.40 bits per heavy atom. The summed E-state index contributed by atoms with van der Waals surface area (Å²) in [5.41, 5.74) is 0. The fraction of sp³-hybridized carbons (Fsp3) is 0.500. The number of thiol groups is 1. The van der Waals surface area contributed by atoms with Crippen LogP contribution in [-0.4, -0.2) is 23.4 Å². The zero-order valence-electron chi connectivity index (χ0n) is 5.39. The molecule has 0 radical (unpaired) electrons. The molecule has 0 aromatic carbocycles. The number of hydrogen-bond acceptors (Lipinski definition) is 4. The van der Waals surface area contributed by atoms with Crippen molar-refractivity contribution >= 4 is 10.7 Å². The van der Waals surface area contributed by atoms with Crippen molar-refractivity contribution in [1.29, 1.82) is 0 Å². The lowest BCUT2D eigenvalue weighted by Gasteiger charge is -1.85. The quantitative estimate of drug-likeness (QED) is 0.581. The van der Waals surface area contributed by atoms with Crippen molar-refractivity contribution in [2.75, 3.05) is 0 Å². The third-order valence-electron chi connectivity index (χ3n) is 1.04. The van der Waals surface area contributed by atoms with Crippen molar-refractivity contribution in [3.8, 4) is 0 Å². The Labute approximate surface area is 59.6 Å². The molecule has 0 aliphatic heterocycles. The smallest absolute Gasteiger partial charge is 0.194 e. The van der Waals surface area contributed by atoms with Crippen LogP contribution in [0.4, 0.5) is 0 Å². The van der Waals surface area contributed by atoms with Gasteiger partial charge in [-0.25, -0.2) is 8.42 Å². The van der Waals surface area contributed by atoms with Gasteiger partial charge in [0.05, 0.1) is 6.20 Å². The second kappa shape index (κ2) is 2.78. The maximum absolute atomic E-state index is 10.3. The highest BCUT2D eigenvalue weighted by atomic mass is 32.2. The van der Waals surface area contributed by atoms with E-state index in [-0.39, 0.29) is 5.03 Å². The van der Waals surface area contributed by atoms with Crippen LogP contribution in [0.1, 0.15) is 6.92 Å². The van der Waals surface area contributed by atoms with Gasteiger partial charge in [0.2, 0.25) is 0 Å². The van der Waals surface area contributed by atoms with Crippen LogP contribution in [0.15, 0.2) is 11.2 Å². The van der Waals surface area contributed by atoms with Crippen LogP contribution in [0.5, 0.6) is 0 Å². The summed E-state index contributed by atoms with van der Waals surface area (Å²) in [7, 11) is -2.57. The Balaban J connectivity index is 2.99. The molecule has 0 fully saturated rings. The summed E-state index contributed by atoms with van der Waals surface area (Å²) < 4.78 is 22.0. The summed E-state index contributed by atoms with van der Waals surface area (Å²) in [6, 6.07) is 0. The highest BCUT2D eigenvalue weighted by Crippen LogP contribution is 1.92. The van der Waals surface area contributed by atoms with E-state index in [0.717, 1.165) is 0 Å². The highest BCUT2D eigenvalue weighted by Gasteiger charge is 1.98. The van der Waals surface area contributed by atoms with Gasteiger partial charge in [-0.15, -0.1) is 5.10 Å². The molecule has 0 amide bonds. The topological polar surface area (TPSA) is 64.8 Å². The second-order valence-electron chi connectivity index (χ2n) is 1.69. The van der Waals surface area contributed by atoms with Crippen LogP contribution in [0.2, 0.25) is 0 Å². The summed E-state index contributed by atoms with van der Waals surface area (Å²) >= 11 is 0. The van der Waals surface area contributed by atoms with Crippen LogP contribution in [-0.2, 0) is 17.2 Å². The molecule has 0 unspecified atom stereocenters. The molecule has 5 nitrogen and oxygen atoms in total. The molecule has 0 spiro atoms. The van der Waals surface area contributed by atoms with Crippen LogP contribution < -0.4 is 0 Å². The lowest BCUT2D eigenvalue weighted by molar-refractivity contribution is 0.610. The van der Waals surface area contributed by atoms with Gasteiger partial charge in [-0.2, -0.15) is 0 Å². The van der Waals surface area contributed by atoms with Gasteiger partial charge < -0.3 is 0 Å². The molecule has 0 aliphatic rings. The van der Waals surface area contributed by atoms with Crippen molar-refractivity contribution in [2.24, 2.45) is 0 Å². The van der Waals surface area contributed by atoms with Gasteiger partial charge in [-0.3, -0.25) is 4.68 Å². The predicted octanol–water partition coefficient (Wildman–Crippen LogP) is -0.732. The van der Waals surface area contributed by atoms with Gasteiger partial charge in [0.15, 0.2) is 15.7 Å². The molecule has 0 bridgehead atoms. The Morgan fingerprint density at radius 1 is 1.70 bits per heavy atom. The van der Waals surface area contributed by atoms with Crippen molar-refractivity contribution in [2.45, 2.75) is 18.5 Å². The Kier molecular flexibility index (Phi) is 2.00. The minimum absolute atomic E-state index is 0.0249. The van der Waals surface area contributed by atoms with E-state index in [9.17, 15) is 8.42 Å². The van der Waals surface area contributed by atoms with E-state index in [2.05, 4.69) is 10.3 Å². The number of hydrogen-bond donors (Lipinski definition) is 1. The molecule has 1 heterocycles. The Hall–Kier alpha value is -0.910. The van der Waals surface area contributed by atoms with Crippen molar-refractivity contribution in [3.63, 3.8) is 0 Å². The van der Waals surface area contributed by atoms with Crippen molar-refractivity contribution < 1.29 is 8.42 Å². The maximum Gasteiger partial charge on any atom is 0.194 e. The van der Waals surface area contributed by atoms with E-state index in [0.29, 0.717) is 6.54 Å². The zero-order chi connectivity index (χ0) is 7.56. The second-order valence-corrected chi connectivity index (χ2v) is 2.66. The summed E-state index contributed by atoms with van der Waals surface area (Å²) in [6.07, 6.45) is 1.39. The van der Waals surface area contributed by atoms with Gasteiger partial charge in [-0.05, 0) is 6.92 Å². The van der Waals surface area contributed by atoms with Gasteiger partial charge in [0.25, 0.3) is 0 Å². The lowest BCUT2D eigenvalue weighted by Crippen LogP contribution is -1.93. The first kappa shape index (κ1) is 7.20. The first-order valence-electron chi connectivity index (χ1n) is 2.78. The molecule has 0 atom stereocenters.